The van der Waals surface area contributed by atoms with Gasteiger partial charge in [0.05, 0.1) is 36.7 Å². The predicted octanol–water partition coefficient (Wildman–Crippen LogP) is 4.41. The summed E-state index contributed by atoms with van der Waals surface area (Å²) in [5.41, 5.74) is 2.29. The molecule has 6 N–H and O–H groups in total. The summed E-state index contributed by atoms with van der Waals surface area (Å²) < 4.78 is 5.45. The molecule has 12 heteroatoms. The van der Waals surface area contributed by atoms with Crippen molar-refractivity contribution in [2.24, 2.45) is 17.8 Å². The molecule has 3 unspecified atom stereocenters. The highest BCUT2D eigenvalue weighted by atomic mass is 16.5. The molecule has 2 aromatic carbocycles. The number of benzene rings is 2. The third kappa shape index (κ3) is 13.5. The minimum absolute atomic E-state index is 0.00217. The van der Waals surface area contributed by atoms with Crippen molar-refractivity contribution in [2.45, 2.75) is 111 Å². The summed E-state index contributed by atoms with van der Waals surface area (Å²) in [5, 5.41) is 33.0. The van der Waals surface area contributed by atoms with Crippen molar-refractivity contribution in [2.75, 3.05) is 6.61 Å². The Morgan fingerprint density at radius 1 is 0.769 bits per heavy atom. The lowest BCUT2D eigenvalue weighted by Crippen LogP contribution is -2.57. The number of hydrogen-bond donors (Lipinski definition) is 6. The Hall–Kier alpha value is -4.55. The summed E-state index contributed by atoms with van der Waals surface area (Å²) in [6, 6.07) is 15.1. The van der Waals surface area contributed by atoms with Crippen LogP contribution in [-0.2, 0) is 32.1 Å². The van der Waals surface area contributed by atoms with E-state index in [0.29, 0.717) is 6.42 Å². The Labute approximate surface area is 307 Å². The molecule has 284 valence electrons. The van der Waals surface area contributed by atoms with Gasteiger partial charge in [-0.3, -0.25) is 19.4 Å². The fraction of sp³-hybridized carbons (Fsp3) is 0.525. The molecule has 1 heterocycles. The molecule has 0 bridgehead atoms. The fourth-order valence-corrected chi connectivity index (χ4v) is 6.00. The van der Waals surface area contributed by atoms with Gasteiger partial charge in [-0.05, 0) is 53.9 Å². The number of hydrogen-bond acceptors (Lipinski definition) is 8. The smallest absolute Gasteiger partial charge is 0.408 e. The van der Waals surface area contributed by atoms with E-state index in [9.17, 15) is 29.4 Å². The molecular formula is C40H57N5O7. The van der Waals surface area contributed by atoms with Crippen molar-refractivity contribution in [1.29, 1.82) is 0 Å². The fourth-order valence-electron chi connectivity index (χ4n) is 6.00. The number of aliphatic hydroxyl groups is 2. The molecule has 0 aliphatic heterocycles. The van der Waals surface area contributed by atoms with E-state index in [1.165, 1.54) is 0 Å². The molecule has 0 aliphatic carbocycles. The molecule has 0 radical (unpaired) electrons. The third-order valence-electron chi connectivity index (χ3n) is 9.11. The molecule has 0 fully saturated rings. The van der Waals surface area contributed by atoms with Gasteiger partial charge in [0.25, 0.3) is 0 Å². The van der Waals surface area contributed by atoms with Crippen LogP contribution in [0.15, 0.2) is 66.9 Å². The first-order valence-electron chi connectivity index (χ1n) is 18.3. The summed E-state index contributed by atoms with van der Waals surface area (Å²) in [4.78, 5) is 58.3. The number of para-hydroxylation sites is 1. The third-order valence-corrected chi connectivity index (χ3v) is 9.11. The number of alkyl carbamates (subject to hydrolysis) is 1. The van der Waals surface area contributed by atoms with Gasteiger partial charge in [-0.1, -0.05) is 96.5 Å². The van der Waals surface area contributed by atoms with Crippen molar-refractivity contribution in [3.63, 3.8) is 0 Å². The number of pyridine rings is 1. The van der Waals surface area contributed by atoms with Gasteiger partial charge in [0.1, 0.15) is 18.7 Å². The minimum Gasteiger partial charge on any atom is -0.445 e. The van der Waals surface area contributed by atoms with Crippen molar-refractivity contribution < 1.29 is 34.1 Å². The summed E-state index contributed by atoms with van der Waals surface area (Å²) in [6.45, 7) is 11.4. The highest BCUT2D eigenvalue weighted by molar-refractivity contribution is 5.92. The summed E-state index contributed by atoms with van der Waals surface area (Å²) >= 11 is 0. The second-order valence-electron chi connectivity index (χ2n) is 14.4. The first kappa shape index (κ1) is 41.9. The number of aliphatic hydroxyl groups excluding tert-OH is 2. The number of nitrogens with zero attached hydrogens (tertiary/aromatic N) is 1. The lowest BCUT2D eigenvalue weighted by atomic mass is 9.95. The van der Waals surface area contributed by atoms with E-state index >= 15 is 0 Å². The average Bonchev–Trinajstić information content (AvgIpc) is 3.11. The number of aromatic nitrogens is 1. The second kappa shape index (κ2) is 21.1. The van der Waals surface area contributed by atoms with Crippen LogP contribution in [-0.4, -0.2) is 75.9 Å². The summed E-state index contributed by atoms with van der Waals surface area (Å²) in [7, 11) is 0. The molecule has 1 aromatic heterocycles. The molecule has 0 aliphatic rings. The molecule has 0 saturated carbocycles. The number of fused-ring (bicyclic) bond motifs is 1. The van der Waals surface area contributed by atoms with E-state index in [1.54, 1.807) is 12.3 Å². The minimum atomic E-state index is -1.22. The van der Waals surface area contributed by atoms with Gasteiger partial charge in [-0.15, -0.1) is 0 Å². The normalized spacial score (nSPS) is 14.9. The Kier molecular flexibility index (Phi) is 17.0. The number of carbonyl (C=O) groups excluding carboxylic acids is 4. The van der Waals surface area contributed by atoms with Crippen LogP contribution in [0, 0.1) is 17.8 Å². The summed E-state index contributed by atoms with van der Waals surface area (Å²) in [6.07, 6.45) is 0.873. The van der Waals surface area contributed by atoms with Crippen molar-refractivity contribution in [3.8, 4) is 0 Å². The van der Waals surface area contributed by atoms with Crippen LogP contribution >= 0.6 is 0 Å². The van der Waals surface area contributed by atoms with E-state index in [1.807, 2.05) is 96.1 Å². The molecule has 12 nitrogen and oxygen atoms in total. The van der Waals surface area contributed by atoms with E-state index < -0.39 is 54.1 Å². The molecule has 52 heavy (non-hydrogen) atoms. The predicted molar refractivity (Wildman–Crippen MR) is 201 cm³/mol. The van der Waals surface area contributed by atoms with Gasteiger partial charge in [0.2, 0.25) is 17.7 Å². The maximum atomic E-state index is 14.0. The zero-order valence-electron chi connectivity index (χ0n) is 31.3. The van der Waals surface area contributed by atoms with Gasteiger partial charge in [-0.2, -0.15) is 0 Å². The molecule has 0 spiro atoms. The van der Waals surface area contributed by atoms with Crippen LogP contribution < -0.4 is 21.3 Å². The van der Waals surface area contributed by atoms with Gasteiger partial charge < -0.3 is 36.2 Å². The van der Waals surface area contributed by atoms with Gasteiger partial charge in [-0.25, -0.2) is 4.79 Å². The van der Waals surface area contributed by atoms with Crippen LogP contribution in [0.2, 0.25) is 0 Å². The molecule has 0 saturated heterocycles. The standard InChI is InChI=1S/C40H57N5O7/c1-7-27(6)35(23-46)42-37(48)22-36(47)32(19-25(2)3)43-38(49)33(20-26(4)5)44-39(50)34(45-40(51)52-24-28-13-9-8-10-14-28)21-29-17-18-41-31-16-12-11-15-30(29)31/h8-18,25-27,32-36,46-47H,7,19-24H2,1-6H3,(H,42,48)(H,43,49)(H,44,50)(H,45,51)/t27?,32?,33-,34-,35+,36?/m0/s1. The number of nitrogens with one attached hydrogen (secondary N) is 4. The molecule has 3 rings (SSSR count). The van der Waals surface area contributed by atoms with Gasteiger partial charge in [0, 0.05) is 18.0 Å². The monoisotopic (exact) mass is 719 g/mol. The van der Waals surface area contributed by atoms with Gasteiger partial charge >= 0.3 is 6.09 Å². The second-order valence-corrected chi connectivity index (χ2v) is 14.4. The van der Waals surface area contributed by atoms with E-state index in [4.69, 9.17) is 4.74 Å². The average molecular weight is 720 g/mol. The largest absolute Gasteiger partial charge is 0.445 e. The highest BCUT2D eigenvalue weighted by Crippen LogP contribution is 2.19. The Balaban J connectivity index is 1.81. The Morgan fingerprint density at radius 3 is 2.08 bits per heavy atom. The maximum Gasteiger partial charge on any atom is 0.408 e. The maximum absolute atomic E-state index is 14.0. The van der Waals surface area contributed by atoms with Crippen LogP contribution in [0.1, 0.15) is 78.4 Å². The number of rotatable bonds is 20. The topological polar surface area (TPSA) is 179 Å². The SMILES string of the molecule is CCC(C)[C@@H](CO)NC(=O)CC(O)C(CC(C)C)NC(=O)[C@H](CC(C)C)NC(=O)[C@H](Cc1ccnc2ccccc12)NC(=O)OCc1ccccc1. The number of carbonyl (C=O) groups is 4. The Bertz CT molecular complexity index is 1580. The van der Waals surface area contributed by atoms with Crippen LogP contribution in [0.25, 0.3) is 10.9 Å². The van der Waals surface area contributed by atoms with Crippen LogP contribution in [0.3, 0.4) is 0 Å². The number of ether oxygens (including phenoxy) is 1. The van der Waals surface area contributed by atoms with E-state index in [-0.39, 0.29) is 50.2 Å². The lowest BCUT2D eigenvalue weighted by Gasteiger charge is -2.30. The lowest BCUT2D eigenvalue weighted by molar-refractivity contribution is -0.132. The molecule has 4 amide bonds. The first-order chi connectivity index (χ1) is 24.8. The zero-order valence-corrected chi connectivity index (χ0v) is 31.3. The van der Waals surface area contributed by atoms with Crippen molar-refractivity contribution in [1.82, 2.24) is 26.3 Å². The zero-order chi connectivity index (χ0) is 38.2. The summed E-state index contributed by atoms with van der Waals surface area (Å²) in [5.74, 6) is -1.43. The van der Waals surface area contributed by atoms with Crippen molar-refractivity contribution >= 4 is 34.7 Å². The Morgan fingerprint density at radius 2 is 1.42 bits per heavy atom. The van der Waals surface area contributed by atoms with Crippen LogP contribution in [0.5, 0.6) is 0 Å². The number of amides is 4. The van der Waals surface area contributed by atoms with E-state index in [0.717, 1.165) is 28.5 Å². The quantitative estimate of drug-likeness (QED) is 0.0995. The van der Waals surface area contributed by atoms with E-state index in [2.05, 4.69) is 26.3 Å². The highest BCUT2D eigenvalue weighted by Gasteiger charge is 2.32. The van der Waals surface area contributed by atoms with Crippen molar-refractivity contribution in [3.05, 3.63) is 78.0 Å². The molecule has 6 atom stereocenters. The van der Waals surface area contributed by atoms with Crippen LogP contribution in [0.4, 0.5) is 4.79 Å². The first-order valence-corrected chi connectivity index (χ1v) is 18.3. The van der Waals surface area contributed by atoms with Gasteiger partial charge in [0.15, 0.2) is 0 Å². The molecular weight excluding hydrogens is 662 g/mol. The molecule has 3 aromatic rings.